The third kappa shape index (κ3) is 6.25. The maximum atomic E-state index is 14.0. The minimum absolute atomic E-state index is 0.0350. The smallest absolute Gasteiger partial charge is 0.303 e. The van der Waals surface area contributed by atoms with Crippen LogP contribution in [0.2, 0.25) is 0 Å². The van der Waals surface area contributed by atoms with Crippen molar-refractivity contribution in [3.05, 3.63) is 71.5 Å². The molecule has 214 valence electrons. The van der Waals surface area contributed by atoms with Crippen molar-refractivity contribution < 1.29 is 32.4 Å². The second-order valence-corrected chi connectivity index (χ2v) is 11.1. The number of anilines is 1. The van der Waals surface area contributed by atoms with Crippen molar-refractivity contribution in [1.82, 2.24) is 10.3 Å². The van der Waals surface area contributed by atoms with E-state index in [4.69, 9.17) is 19.2 Å². The Morgan fingerprint density at radius 2 is 1.90 bits per heavy atom. The van der Waals surface area contributed by atoms with Gasteiger partial charge in [0.15, 0.2) is 11.6 Å². The van der Waals surface area contributed by atoms with E-state index in [2.05, 4.69) is 5.32 Å². The van der Waals surface area contributed by atoms with Crippen LogP contribution in [0.4, 0.5) is 10.2 Å². The molecule has 1 aliphatic rings. The second kappa shape index (κ2) is 12.1. The number of pyridine rings is 1. The highest BCUT2D eigenvalue weighted by Gasteiger charge is 2.33. The predicted octanol–water partition coefficient (Wildman–Crippen LogP) is 6.02. The molecule has 1 amide bonds. The minimum Gasteiger partial charge on any atom is -0.481 e. The summed E-state index contributed by atoms with van der Waals surface area (Å²) in [5.41, 5.74) is 2.04. The molecule has 1 aliphatic carbocycles. The van der Waals surface area contributed by atoms with E-state index in [9.17, 15) is 18.2 Å². The normalized spacial score (nSPS) is 13.6. The fraction of sp³-hybridized carbons (Fsp3) is 0.300. The Morgan fingerprint density at radius 1 is 1.17 bits per heavy atom. The summed E-state index contributed by atoms with van der Waals surface area (Å²) in [6, 6.07) is 14.8. The van der Waals surface area contributed by atoms with Gasteiger partial charge in [-0.2, -0.15) is 4.98 Å². The van der Waals surface area contributed by atoms with Gasteiger partial charge in [0.25, 0.3) is 5.91 Å². The van der Waals surface area contributed by atoms with Gasteiger partial charge >= 0.3 is 5.97 Å². The number of benzene rings is 2. The number of aromatic nitrogens is 1. The molecule has 5 rings (SSSR count). The fourth-order valence-corrected chi connectivity index (χ4v) is 5.47. The number of para-hydroxylation sites is 1. The van der Waals surface area contributed by atoms with Crippen molar-refractivity contribution in [2.75, 3.05) is 24.2 Å². The maximum absolute atomic E-state index is 14.0. The van der Waals surface area contributed by atoms with Crippen molar-refractivity contribution in [1.29, 1.82) is 0 Å². The van der Waals surface area contributed by atoms with E-state index in [1.165, 1.54) is 12.1 Å². The lowest BCUT2D eigenvalue weighted by molar-refractivity contribution is -0.137. The fourth-order valence-electron chi connectivity index (χ4n) is 4.69. The van der Waals surface area contributed by atoms with Gasteiger partial charge in [-0.05, 0) is 79.6 Å². The van der Waals surface area contributed by atoms with E-state index in [1.54, 1.807) is 54.0 Å². The Morgan fingerprint density at radius 3 is 2.54 bits per heavy atom. The first-order valence-corrected chi connectivity index (χ1v) is 14.8. The highest BCUT2D eigenvalue weighted by Crippen LogP contribution is 2.46. The molecule has 0 spiro atoms. The first kappa shape index (κ1) is 28.3. The number of aliphatic carboxylic acids is 1. The van der Waals surface area contributed by atoms with E-state index in [0.29, 0.717) is 53.2 Å². The Bertz CT molecular complexity index is 1620. The van der Waals surface area contributed by atoms with Crippen LogP contribution in [-0.2, 0) is 15.8 Å². The number of hydrogen-bond donors (Lipinski definition) is 2. The zero-order valence-electron chi connectivity index (χ0n) is 22.7. The van der Waals surface area contributed by atoms with Crippen molar-refractivity contribution in [3.8, 4) is 22.8 Å². The number of fused-ring (bicyclic) bond motifs is 1. The number of carbonyl (C=O) groups excluding carboxylic acids is 1. The Hall–Kier alpha value is -4.25. The van der Waals surface area contributed by atoms with E-state index < -0.39 is 22.8 Å². The number of unbranched alkanes of at least 4 members (excludes halogenated alkanes) is 1. The van der Waals surface area contributed by atoms with E-state index in [-0.39, 0.29) is 29.7 Å². The number of rotatable bonds is 12. The highest BCUT2D eigenvalue weighted by molar-refractivity contribution is 7.85. The molecule has 1 atom stereocenters. The highest BCUT2D eigenvalue weighted by atomic mass is 32.2. The number of furan rings is 1. The number of halogens is 1. The van der Waals surface area contributed by atoms with Crippen LogP contribution in [-0.4, -0.2) is 46.0 Å². The first-order valence-electron chi connectivity index (χ1n) is 13.3. The van der Waals surface area contributed by atoms with Gasteiger partial charge in [-0.15, -0.1) is 0 Å². The Labute approximate surface area is 238 Å². The van der Waals surface area contributed by atoms with Gasteiger partial charge in [-0.1, -0.05) is 12.1 Å². The van der Waals surface area contributed by atoms with Crippen LogP contribution < -0.4 is 14.4 Å². The summed E-state index contributed by atoms with van der Waals surface area (Å²) in [6.45, 7) is 0.369. The molecule has 41 heavy (non-hydrogen) atoms. The summed E-state index contributed by atoms with van der Waals surface area (Å²) in [6.07, 6.45) is 4.48. The number of carboxylic acids is 1. The largest absolute Gasteiger partial charge is 0.481 e. The first-order chi connectivity index (χ1) is 19.8. The molecular weight excluding hydrogens is 549 g/mol. The number of hydrogen-bond acceptors (Lipinski definition) is 6. The quantitative estimate of drug-likeness (QED) is 0.197. The van der Waals surface area contributed by atoms with Crippen LogP contribution >= 0.6 is 0 Å². The van der Waals surface area contributed by atoms with Gasteiger partial charge in [-0.3, -0.25) is 13.9 Å². The summed E-state index contributed by atoms with van der Waals surface area (Å²) >= 11 is 0. The number of carboxylic acid groups (broad SMARTS) is 1. The maximum Gasteiger partial charge on any atom is 0.303 e. The molecule has 0 bridgehead atoms. The Kier molecular flexibility index (Phi) is 8.34. The van der Waals surface area contributed by atoms with E-state index in [1.807, 2.05) is 6.07 Å². The van der Waals surface area contributed by atoms with Gasteiger partial charge in [0.1, 0.15) is 28.3 Å². The number of amides is 1. The Balaban J connectivity index is 1.54. The molecule has 1 unspecified atom stereocenters. The zero-order chi connectivity index (χ0) is 29.1. The number of nitrogens with zero attached hydrogens (tertiary/aromatic N) is 2. The lowest BCUT2D eigenvalue weighted by Gasteiger charge is -2.23. The molecule has 2 heterocycles. The number of ether oxygens (including phenoxy) is 1. The lowest BCUT2D eigenvalue weighted by atomic mass is 10.0. The standard InChI is InChI=1S/C30H30FN3O6S/c1-32-29(37)26-22-17-21(18-10-11-18)28(34(41(2)38)16-6-5-9-25(35)36)33-30(22)40-27(26)19-12-14-20(15-13-19)39-24-8-4-3-7-23(24)31/h3-4,7-8,12-15,17-18H,5-6,9-11,16H2,1-2H3,(H,32,37)(H,35,36). The SMILES string of the molecule is CNC(=O)c1c(-c2ccc(Oc3ccccc3F)cc2)oc2nc(N(CCCCC(=O)O)S(C)=O)c(C3CC3)cc12. The minimum atomic E-state index is -1.41. The molecule has 11 heteroatoms. The molecule has 0 aliphatic heterocycles. The summed E-state index contributed by atoms with van der Waals surface area (Å²) < 4.78 is 40.3. The summed E-state index contributed by atoms with van der Waals surface area (Å²) in [4.78, 5) is 28.8. The van der Waals surface area contributed by atoms with Crippen molar-refractivity contribution in [2.24, 2.45) is 0 Å². The molecule has 4 aromatic rings. The molecule has 2 N–H and O–H groups in total. The molecular formula is C30H30FN3O6S. The molecule has 2 aromatic heterocycles. The van der Waals surface area contributed by atoms with Gasteiger partial charge in [0.2, 0.25) is 5.71 Å². The van der Waals surface area contributed by atoms with Crippen LogP contribution in [0.3, 0.4) is 0 Å². The zero-order valence-corrected chi connectivity index (χ0v) is 23.5. The van der Waals surface area contributed by atoms with Crippen LogP contribution in [0.15, 0.2) is 59.0 Å². The van der Waals surface area contributed by atoms with Crippen LogP contribution in [0.1, 0.15) is 53.9 Å². The molecule has 2 aromatic carbocycles. The van der Waals surface area contributed by atoms with Gasteiger partial charge in [0, 0.05) is 31.8 Å². The average Bonchev–Trinajstić information content (AvgIpc) is 3.73. The molecule has 0 saturated heterocycles. The number of carbonyl (C=O) groups is 2. The van der Waals surface area contributed by atoms with Crippen molar-refractivity contribution in [3.63, 3.8) is 0 Å². The summed E-state index contributed by atoms with van der Waals surface area (Å²) in [5.74, 6) is -0.125. The molecule has 0 radical (unpaired) electrons. The predicted molar refractivity (Wildman–Crippen MR) is 154 cm³/mol. The van der Waals surface area contributed by atoms with Crippen LogP contribution in [0, 0.1) is 5.82 Å². The molecule has 1 fully saturated rings. The van der Waals surface area contributed by atoms with Gasteiger partial charge in [-0.25, -0.2) is 8.60 Å². The summed E-state index contributed by atoms with van der Waals surface area (Å²) in [7, 11) is 0.126. The topological polar surface area (TPSA) is 122 Å². The van der Waals surface area contributed by atoms with Crippen molar-refractivity contribution >= 4 is 39.8 Å². The average molecular weight is 580 g/mol. The summed E-state index contributed by atoms with van der Waals surface area (Å²) in [5, 5.41) is 12.2. The second-order valence-electron chi connectivity index (χ2n) is 9.85. The van der Waals surface area contributed by atoms with E-state index in [0.717, 1.165) is 18.4 Å². The van der Waals surface area contributed by atoms with Gasteiger partial charge < -0.3 is 19.6 Å². The third-order valence-corrected chi connectivity index (χ3v) is 7.87. The third-order valence-electron chi connectivity index (χ3n) is 6.89. The molecule has 1 saturated carbocycles. The van der Waals surface area contributed by atoms with Crippen molar-refractivity contribution in [2.45, 2.75) is 38.0 Å². The monoisotopic (exact) mass is 579 g/mol. The molecule has 9 nitrogen and oxygen atoms in total. The van der Waals surface area contributed by atoms with Gasteiger partial charge in [0.05, 0.1) is 10.9 Å². The van der Waals surface area contributed by atoms with Crippen LogP contribution in [0.25, 0.3) is 22.4 Å². The van der Waals surface area contributed by atoms with Crippen LogP contribution in [0.5, 0.6) is 11.5 Å². The number of nitrogens with one attached hydrogen (secondary N) is 1. The lowest BCUT2D eigenvalue weighted by Crippen LogP contribution is -2.28. The van der Waals surface area contributed by atoms with E-state index >= 15 is 0 Å².